The number of hydrogen-bond acceptors (Lipinski definition) is 5. The van der Waals surface area contributed by atoms with Gasteiger partial charge in [-0.15, -0.1) is 0 Å². The number of aliphatic hydroxyl groups is 1. The van der Waals surface area contributed by atoms with Gasteiger partial charge in [-0.1, -0.05) is 46.4 Å². The molecule has 3 rings (SSSR count). The molecule has 1 aliphatic carbocycles. The number of aliphatic hydroxyl groups excluding tert-OH is 1. The summed E-state index contributed by atoms with van der Waals surface area (Å²) in [4.78, 5) is 14.1. The highest BCUT2D eigenvalue weighted by Crippen LogP contribution is 2.33. The maximum atomic E-state index is 14.7. The molecule has 3 atom stereocenters. The fraction of sp³-hybridized carbons (Fsp3) is 0.480. The second kappa shape index (κ2) is 12.4. The van der Waals surface area contributed by atoms with Crippen LogP contribution in [0.1, 0.15) is 50.2 Å². The maximum absolute atomic E-state index is 14.7. The van der Waals surface area contributed by atoms with Crippen molar-refractivity contribution in [3.05, 3.63) is 64.0 Å². The van der Waals surface area contributed by atoms with Gasteiger partial charge >= 0.3 is 0 Å². The number of unbranched alkanes of at least 4 members (excludes halogenated alkanes) is 3. The van der Waals surface area contributed by atoms with Gasteiger partial charge in [-0.3, -0.25) is 4.79 Å². The number of halogens is 1. The van der Waals surface area contributed by atoms with Crippen molar-refractivity contribution in [2.24, 2.45) is 0 Å². The van der Waals surface area contributed by atoms with E-state index in [0.717, 1.165) is 45.1 Å². The molecule has 180 valence electrons. The zero-order valence-electron chi connectivity index (χ0n) is 18.9. The molecule has 33 heavy (non-hydrogen) atoms. The average molecular weight is 477 g/mol. The monoisotopic (exact) mass is 476 g/mol. The summed E-state index contributed by atoms with van der Waals surface area (Å²) in [7, 11) is 2.27. The van der Waals surface area contributed by atoms with Crippen molar-refractivity contribution in [2.75, 3.05) is 26.3 Å². The molecule has 4 N–H and O–H groups in total. The van der Waals surface area contributed by atoms with Crippen molar-refractivity contribution in [2.45, 2.75) is 50.0 Å². The van der Waals surface area contributed by atoms with Gasteiger partial charge in [-0.2, -0.15) is 0 Å². The number of phenols is 1. The number of benzene rings is 1. The second-order valence-corrected chi connectivity index (χ2v) is 9.39. The Morgan fingerprint density at radius 3 is 2.79 bits per heavy atom. The zero-order chi connectivity index (χ0) is 23.7. The summed E-state index contributed by atoms with van der Waals surface area (Å²) in [5, 5.41) is 22.9. The van der Waals surface area contributed by atoms with Gasteiger partial charge in [0.25, 0.3) is 0 Å². The van der Waals surface area contributed by atoms with Crippen LogP contribution in [0.15, 0.2) is 52.9 Å². The van der Waals surface area contributed by atoms with Gasteiger partial charge in [0.2, 0.25) is 5.56 Å². The van der Waals surface area contributed by atoms with Crippen LogP contribution in [-0.4, -0.2) is 46.9 Å². The number of H-pyrrole nitrogens is 1. The van der Waals surface area contributed by atoms with Crippen molar-refractivity contribution in [3.63, 3.8) is 0 Å². The summed E-state index contributed by atoms with van der Waals surface area (Å²) in [6, 6.07) is 6.14. The summed E-state index contributed by atoms with van der Waals surface area (Å²) in [6.07, 6.45) is 10.7. The Balaban J connectivity index is 1.28. The van der Waals surface area contributed by atoms with Crippen molar-refractivity contribution in [1.82, 2.24) is 10.3 Å². The van der Waals surface area contributed by atoms with Crippen molar-refractivity contribution in [1.29, 1.82) is 0 Å². The lowest BCUT2D eigenvalue weighted by molar-refractivity contribution is 0.0777. The Labute approximate surface area is 196 Å². The van der Waals surface area contributed by atoms with Crippen LogP contribution >= 0.6 is 9.24 Å². The number of aromatic amines is 1. The van der Waals surface area contributed by atoms with Gasteiger partial charge in [-0.05, 0) is 55.5 Å². The minimum atomic E-state index is -1.51. The number of hydrogen-bond donors (Lipinski definition) is 4. The number of phenolic OH excluding ortho intramolecular Hbond substituents is 1. The van der Waals surface area contributed by atoms with Crippen LogP contribution < -0.4 is 10.9 Å². The van der Waals surface area contributed by atoms with E-state index in [1.165, 1.54) is 12.1 Å². The lowest BCUT2D eigenvalue weighted by atomic mass is 10.0. The smallest absolute Gasteiger partial charge is 0.248 e. The average Bonchev–Trinajstić information content (AvgIpc) is 2.81. The molecule has 0 amide bonds. The Kier molecular flexibility index (Phi) is 9.63. The number of ether oxygens (including phenoxy) is 1. The molecule has 0 saturated heterocycles. The molecule has 1 aromatic carbocycles. The molecular formula is C25H34FN2O4P. The quantitative estimate of drug-likeness (QED) is 0.256. The van der Waals surface area contributed by atoms with Crippen LogP contribution in [0.25, 0.3) is 10.9 Å². The zero-order valence-corrected chi connectivity index (χ0v) is 20.0. The van der Waals surface area contributed by atoms with E-state index in [2.05, 4.69) is 19.5 Å². The van der Waals surface area contributed by atoms with Crippen LogP contribution in [0.2, 0.25) is 0 Å². The van der Waals surface area contributed by atoms with E-state index in [4.69, 9.17) is 4.74 Å². The number of fused-ring (bicyclic) bond motifs is 1. The Bertz CT molecular complexity index is 1030. The molecule has 3 unspecified atom stereocenters. The highest BCUT2D eigenvalue weighted by Gasteiger charge is 2.27. The molecule has 0 aliphatic heterocycles. The number of pyridine rings is 1. The molecule has 0 spiro atoms. The molecule has 0 saturated carbocycles. The number of allylic oxidation sites excluding steroid dienone is 3. The minimum Gasteiger partial charge on any atom is -0.506 e. The maximum Gasteiger partial charge on any atom is 0.248 e. The summed E-state index contributed by atoms with van der Waals surface area (Å²) < 4.78 is 20.2. The van der Waals surface area contributed by atoms with E-state index >= 15 is 0 Å². The third-order valence-electron chi connectivity index (χ3n) is 5.78. The highest BCUT2D eigenvalue weighted by atomic mass is 31.0. The van der Waals surface area contributed by atoms with Crippen LogP contribution in [-0.2, 0) is 4.74 Å². The molecular weight excluding hydrogens is 442 g/mol. The predicted molar refractivity (Wildman–Crippen MR) is 133 cm³/mol. The van der Waals surface area contributed by atoms with Gasteiger partial charge in [0.15, 0.2) is 5.41 Å². The first-order valence-electron chi connectivity index (χ1n) is 11.5. The fourth-order valence-corrected chi connectivity index (χ4v) is 4.26. The predicted octanol–water partition coefficient (Wildman–Crippen LogP) is 4.25. The Hall–Kier alpha value is -2.05. The second-order valence-electron chi connectivity index (χ2n) is 8.47. The van der Waals surface area contributed by atoms with E-state index in [9.17, 15) is 19.4 Å². The summed E-state index contributed by atoms with van der Waals surface area (Å²) in [5.74, 6) is -0.0200. The molecule has 1 heterocycles. The van der Waals surface area contributed by atoms with E-state index < -0.39 is 11.5 Å². The highest BCUT2D eigenvalue weighted by molar-refractivity contribution is 7.19. The molecule has 0 fully saturated rings. The van der Waals surface area contributed by atoms with E-state index in [1.807, 2.05) is 18.2 Å². The first-order chi connectivity index (χ1) is 15.9. The third-order valence-corrected chi connectivity index (χ3v) is 6.28. The number of aromatic hydroxyl groups is 1. The molecule has 1 aromatic heterocycles. The van der Waals surface area contributed by atoms with Crippen molar-refractivity contribution >= 4 is 20.1 Å². The summed E-state index contributed by atoms with van der Waals surface area (Å²) in [6.45, 7) is 1.73. The Morgan fingerprint density at radius 1 is 1.18 bits per heavy atom. The lowest BCUT2D eigenvalue weighted by Gasteiger charge is -2.23. The molecule has 0 radical (unpaired) electrons. The van der Waals surface area contributed by atoms with Crippen LogP contribution in [0.5, 0.6) is 5.75 Å². The van der Waals surface area contributed by atoms with Crippen LogP contribution in [0.4, 0.5) is 4.39 Å². The largest absolute Gasteiger partial charge is 0.506 e. The fourth-order valence-electron chi connectivity index (χ4n) is 3.93. The first kappa shape index (κ1) is 25.6. The van der Waals surface area contributed by atoms with Crippen LogP contribution in [0, 0.1) is 0 Å². The van der Waals surface area contributed by atoms with Gasteiger partial charge in [-0.25, -0.2) is 4.39 Å². The van der Waals surface area contributed by atoms with Crippen LogP contribution in [0.3, 0.4) is 0 Å². The summed E-state index contributed by atoms with van der Waals surface area (Å²) >= 11 is 0. The lowest BCUT2D eigenvalue weighted by Crippen LogP contribution is -2.24. The van der Waals surface area contributed by atoms with Gasteiger partial charge in [0, 0.05) is 24.6 Å². The number of rotatable bonds is 13. The summed E-state index contributed by atoms with van der Waals surface area (Å²) in [5.41, 5.74) is 1.37. The number of alkyl halides is 1. The number of aromatic nitrogens is 1. The normalized spacial score (nSPS) is 16.5. The van der Waals surface area contributed by atoms with E-state index in [0.29, 0.717) is 35.2 Å². The van der Waals surface area contributed by atoms with Gasteiger partial charge < -0.3 is 25.3 Å². The van der Waals surface area contributed by atoms with Crippen molar-refractivity contribution < 1.29 is 19.3 Å². The SMILES string of the molecule is O=c1ccc2c(C(O)CNCCCCCCOCC(F)(P)C3=CCCC=C3)ccc(O)c2[nH]1. The first-order valence-corrected chi connectivity index (χ1v) is 12.1. The van der Waals surface area contributed by atoms with Crippen molar-refractivity contribution in [3.8, 4) is 5.75 Å². The number of nitrogens with one attached hydrogen (secondary N) is 2. The topological polar surface area (TPSA) is 94.6 Å². The molecule has 6 nitrogen and oxygen atoms in total. The van der Waals surface area contributed by atoms with Gasteiger partial charge in [0.1, 0.15) is 5.75 Å². The molecule has 8 heteroatoms. The molecule has 0 bridgehead atoms. The minimum absolute atomic E-state index is 0.0200. The van der Waals surface area contributed by atoms with E-state index in [-0.39, 0.29) is 17.9 Å². The molecule has 2 aromatic rings. The Morgan fingerprint density at radius 2 is 2.00 bits per heavy atom. The van der Waals surface area contributed by atoms with E-state index in [1.54, 1.807) is 12.1 Å². The standard InChI is InChI=1S/C25H34FN2O4P/c26-25(33,18-8-4-3-5-9-18)17-32-15-7-2-1-6-14-27-16-22(30)19-10-12-21(29)24-20(19)11-13-23(31)28-24/h4,8-13,22,27,29-30H,1-3,5-7,14-17,33H2,(H,28,31). The third kappa shape index (κ3) is 7.47. The van der Waals surface area contributed by atoms with Gasteiger partial charge in [0.05, 0.1) is 18.2 Å². The molecule has 1 aliphatic rings.